The Hall–Kier alpha value is -0.440. The van der Waals surface area contributed by atoms with Crippen molar-refractivity contribution in [3.05, 3.63) is 11.5 Å². The van der Waals surface area contributed by atoms with Gasteiger partial charge in [-0.3, -0.25) is 4.79 Å². The lowest BCUT2D eigenvalue weighted by molar-refractivity contribution is -0.119. The molecular weight excluding hydrogens is 170 g/mol. The molecule has 1 amide bonds. The third kappa shape index (κ3) is 2.55. The highest BCUT2D eigenvalue weighted by molar-refractivity contribution is 8.03. The maximum absolute atomic E-state index is 10.8. The number of amides is 1. The normalized spacial score (nSPS) is 27.5. The summed E-state index contributed by atoms with van der Waals surface area (Å²) in [6.45, 7) is 3.74. The van der Waals surface area contributed by atoms with Crippen LogP contribution < -0.4 is 5.32 Å². The molecule has 1 aliphatic rings. The summed E-state index contributed by atoms with van der Waals surface area (Å²) in [4.78, 5) is 10.8. The van der Waals surface area contributed by atoms with E-state index in [4.69, 9.17) is 0 Å². The van der Waals surface area contributed by atoms with E-state index in [1.54, 1.807) is 6.92 Å². The molecular formula is C9H15NOS. The van der Waals surface area contributed by atoms with E-state index in [1.165, 1.54) is 12.8 Å². The minimum atomic E-state index is 0.0632. The molecule has 2 unspecified atom stereocenters. The molecule has 0 bridgehead atoms. The zero-order valence-corrected chi connectivity index (χ0v) is 8.36. The Morgan fingerprint density at radius 3 is 3.00 bits per heavy atom. The van der Waals surface area contributed by atoms with Gasteiger partial charge in [0.2, 0.25) is 5.91 Å². The molecule has 0 aromatic carbocycles. The van der Waals surface area contributed by atoms with Crippen LogP contribution >= 0.6 is 11.8 Å². The average Bonchev–Trinajstić information content (AvgIpc) is 2.37. The van der Waals surface area contributed by atoms with Gasteiger partial charge in [-0.15, -0.1) is 11.8 Å². The van der Waals surface area contributed by atoms with Crippen molar-refractivity contribution >= 4 is 17.7 Å². The van der Waals surface area contributed by atoms with Crippen molar-refractivity contribution in [1.29, 1.82) is 0 Å². The molecule has 1 aliphatic heterocycles. The van der Waals surface area contributed by atoms with Gasteiger partial charge in [-0.25, -0.2) is 0 Å². The zero-order valence-electron chi connectivity index (χ0n) is 7.54. The molecule has 68 valence electrons. The van der Waals surface area contributed by atoms with Crippen LogP contribution in [0.2, 0.25) is 0 Å². The summed E-state index contributed by atoms with van der Waals surface area (Å²) >= 11 is 1.82. The Kier molecular flexibility index (Phi) is 3.66. The zero-order chi connectivity index (χ0) is 8.97. The molecule has 0 aromatic heterocycles. The first kappa shape index (κ1) is 9.65. The topological polar surface area (TPSA) is 29.1 Å². The van der Waals surface area contributed by atoms with E-state index in [0.717, 1.165) is 0 Å². The molecule has 0 saturated heterocycles. The summed E-state index contributed by atoms with van der Waals surface area (Å²) in [6, 6.07) is 0.257. The second kappa shape index (κ2) is 4.55. The van der Waals surface area contributed by atoms with Crippen LogP contribution in [0.3, 0.4) is 0 Å². The standard InChI is InChI=1S/C9H15NOS/c1-3-4-9-8(5-6-12-9)10-7(2)11/h5-6,8-9H,3-4H2,1-2H3,(H,10,11). The number of nitrogens with one attached hydrogen (secondary N) is 1. The number of thioether (sulfide) groups is 1. The lowest BCUT2D eigenvalue weighted by Crippen LogP contribution is -2.37. The fourth-order valence-corrected chi connectivity index (χ4v) is 2.51. The van der Waals surface area contributed by atoms with Gasteiger partial charge >= 0.3 is 0 Å². The molecule has 0 spiro atoms. The molecule has 0 aliphatic carbocycles. The van der Waals surface area contributed by atoms with Crippen LogP contribution in [0.4, 0.5) is 0 Å². The van der Waals surface area contributed by atoms with Gasteiger partial charge < -0.3 is 5.32 Å². The molecule has 2 atom stereocenters. The number of hydrogen-bond acceptors (Lipinski definition) is 2. The van der Waals surface area contributed by atoms with Crippen LogP contribution in [0.5, 0.6) is 0 Å². The lowest BCUT2D eigenvalue weighted by Gasteiger charge is -2.17. The Bertz CT molecular complexity index is 191. The predicted molar refractivity (Wildman–Crippen MR) is 53.0 cm³/mol. The number of hydrogen-bond donors (Lipinski definition) is 1. The van der Waals surface area contributed by atoms with Crippen molar-refractivity contribution < 1.29 is 4.79 Å². The van der Waals surface area contributed by atoms with E-state index < -0.39 is 0 Å². The molecule has 2 nitrogen and oxygen atoms in total. The summed E-state index contributed by atoms with van der Waals surface area (Å²) < 4.78 is 0. The van der Waals surface area contributed by atoms with Crippen LogP contribution in [0.15, 0.2) is 11.5 Å². The fraction of sp³-hybridized carbons (Fsp3) is 0.667. The Labute approximate surface area is 77.8 Å². The monoisotopic (exact) mass is 185 g/mol. The highest BCUT2D eigenvalue weighted by atomic mass is 32.2. The van der Waals surface area contributed by atoms with Gasteiger partial charge in [0, 0.05) is 12.2 Å². The first-order valence-corrected chi connectivity index (χ1v) is 5.27. The van der Waals surface area contributed by atoms with Crippen LogP contribution in [0.1, 0.15) is 26.7 Å². The third-order valence-electron chi connectivity index (χ3n) is 1.88. The molecule has 0 aromatic rings. The van der Waals surface area contributed by atoms with E-state index >= 15 is 0 Å². The van der Waals surface area contributed by atoms with Crippen molar-refractivity contribution in [2.45, 2.75) is 38.0 Å². The van der Waals surface area contributed by atoms with Crippen molar-refractivity contribution in [3.8, 4) is 0 Å². The van der Waals surface area contributed by atoms with Gasteiger partial charge in [0.25, 0.3) is 0 Å². The third-order valence-corrected chi connectivity index (χ3v) is 3.08. The van der Waals surface area contributed by atoms with E-state index in [2.05, 4.69) is 23.7 Å². The van der Waals surface area contributed by atoms with Gasteiger partial charge in [0.05, 0.1) is 6.04 Å². The average molecular weight is 185 g/mol. The Morgan fingerprint density at radius 1 is 1.67 bits per heavy atom. The molecule has 0 fully saturated rings. The first-order valence-electron chi connectivity index (χ1n) is 4.33. The smallest absolute Gasteiger partial charge is 0.217 e. The van der Waals surface area contributed by atoms with Gasteiger partial charge in [-0.05, 0) is 11.8 Å². The van der Waals surface area contributed by atoms with Gasteiger partial charge in [0.1, 0.15) is 0 Å². The second-order valence-electron chi connectivity index (χ2n) is 3.02. The minimum Gasteiger partial charge on any atom is -0.349 e. The minimum absolute atomic E-state index is 0.0632. The van der Waals surface area contributed by atoms with E-state index in [1.807, 2.05) is 11.8 Å². The highest BCUT2D eigenvalue weighted by Crippen LogP contribution is 2.27. The highest BCUT2D eigenvalue weighted by Gasteiger charge is 2.22. The lowest BCUT2D eigenvalue weighted by atomic mass is 10.1. The number of rotatable bonds is 3. The predicted octanol–water partition coefficient (Wildman–Crippen LogP) is 1.92. The quantitative estimate of drug-likeness (QED) is 0.728. The SMILES string of the molecule is CCCC1SC=CC1NC(C)=O. The number of carbonyl (C=O) groups excluding carboxylic acids is 1. The van der Waals surface area contributed by atoms with Crippen LogP contribution in [0.25, 0.3) is 0 Å². The summed E-state index contributed by atoms with van der Waals surface area (Å²) in [7, 11) is 0. The van der Waals surface area contributed by atoms with Crippen LogP contribution in [0, 0.1) is 0 Å². The molecule has 1 rings (SSSR count). The maximum Gasteiger partial charge on any atom is 0.217 e. The van der Waals surface area contributed by atoms with Gasteiger partial charge in [0.15, 0.2) is 0 Å². The molecule has 0 saturated carbocycles. The van der Waals surface area contributed by atoms with Crippen molar-refractivity contribution in [1.82, 2.24) is 5.32 Å². The first-order chi connectivity index (χ1) is 5.74. The van der Waals surface area contributed by atoms with Gasteiger partial charge in [-0.1, -0.05) is 19.4 Å². The largest absolute Gasteiger partial charge is 0.349 e. The fourth-order valence-electron chi connectivity index (χ4n) is 1.35. The van der Waals surface area contributed by atoms with Crippen LogP contribution in [-0.4, -0.2) is 17.2 Å². The van der Waals surface area contributed by atoms with E-state index in [0.29, 0.717) is 5.25 Å². The molecule has 1 N–H and O–H groups in total. The van der Waals surface area contributed by atoms with Crippen molar-refractivity contribution in [3.63, 3.8) is 0 Å². The molecule has 1 heterocycles. The van der Waals surface area contributed by atoms with E-state index in [9.17, 15) is 4.79 Å². The summed E-state index contributed by atoms with van der Waals surface area (Å²) in [5.74, 6) is 0.0632. The number of carbonyl (C=O) groups is 1. The summed E-state index contributed by atoms with van der Waals surface area (Å²) in [6.07, 6.45) is 4.42. The summed E-state index contributed by atoms with van der Waals surface area (Å²) in [5.41, 5.74) is 0. The molecule has 12 heavy (non-hydrogen) atoms. The van der Waals surface area contributed by atoms with Crippen LogP contribution in [-0.2, 0) is 4.79 Å². The summed E-state index contributed by atoms with van der Waals surface area (Å²) in [5, 5.41) is 5.57. The van der Waals surface area contributed by atoms with Gasteiger partial charge in [-0.2, -0.15) is 0 Å². The Balaban J connectivity index is 2.39. The van der Waals surface area contributed by atoms with E-state index in [-0.39, 0.29) is 11.9 Å². The Morgan fingerprint density at radius 2 is 2.42 bits per heavy atom. The second-order valence-corrected chi connectivity index (χ2v) is 4.17. The molecule has 0 radical (unpaired) electrons. The maximum atomic E-state index is 10.8. The van der Waals surface area contributed by atoms with Crippen molar-refractivity contribution in [2.24, 2.45) is 0 Å². The molecule has 3 heteroatoms. The van der Waals surface area contributed by atoms with Crippen molar-refractivity contribution in [2.75, 3.05) is 0 Å².